The summed E-state index contributed by atoms with van der Waals surface area (Å²) in [6.45, 7) is 6.31. The van der Waals surface area contributed by atoms with Crippen LogP contribution in [0.1, 0.15) is 26.2 Å². The van der Waals surface area contributed by atoms with E-state index in [1.807, 2.05) is 0 Å². The molecule has 0 radical (unpaired) electrons. The predicted octanol–water partition coefficient (Wildman–Crippen LogP) is 2.12. The van der Waals surface area contributed by atoms with Crippen molar-refractivity contribution >= 4 is 5.97 Å². The first-order valence-electron chi connectivity index (χ1n) is 5.71. The van der Waals surface area contributed by atoms with E-state index in [2.05, 4.69) is 13.5 Å². The van der Waals surface area contributed by atoms with Crippen LogP contribution in [-0.2, 0) is 14.3 Å². The Kier molecular flexibility index (Phi) is 2.98. The van der Waals surface area contributed by atoms with Crippen LogP contribution in [0, 0.1) is 17.8 Å². The summed E-state index contributed by atoms with van der Waals surface area (Å²) in [7, 11) is 0. The van der Waals surface area contributed by atoms with Crippen molar-refractivity contribution < 1.29 is 14.3 Å². The molecule has 1 saturated carbocycles. The van der Waals surface area contributed by atoms with Crippen molar-refractivity contribution in [2.75, 3.05) is 6.61 Å². The highest BCUT2D eigenvalue weighted by molar-refractivity contribution is 5.75. The van der Waals surface area contributed by atoms with Crippen LogP contribution in [0.15, 0.2) is 12.8 Å². The second kappa shape index (κ2) is 4.25. The van der Waals surface area contributed by atoms with Gasteiger partial charge in [-0.05, 0) is 19.3 Å². The normalized spacial score (nSPS) is 39.4. The van der Waals surface area contributed by atoms with Gasteiger partial charge in [0.15, 0.2) is 0 Å². The summed E-state index contributed by atoms with van der Waals surface area (Å²) >= 11 is 0. The van der Waals surface area contributed by atoms with Crippen molar-refractivity contribution in [3.63, 3.8) is 0 Å². The maximum absolute atomic E-state index is 11.6. The van der Waals surface area contributed by atoms with E-state index in [0.29, 0.717) is 18.4 Å². The van der Waals surface area contributed by atoms with Gasteiger partial charge in [0.25, 0.3) is 0 Å². The molecule has 0 aromatic heterocycles. The standard InChI is InChI=1S/C12H18O3/c1-3-9-10(14-4-2)6-5-8-7-15-12(13)11(8)9/h4,8-11H,2-3,5-7H2,1H3. The lowest BCUT2D eigenvalue weighted by atomic mass is 9.71. The Morgan fingerprint density at radius 1 is 1.60 bits per heavy atom. The van der Waals surface area contributed by atoms with E-state index in [1.165, 1.54) is 6.26 Å². The maximum Gasteiger partial charge on any atom is 0.309 e. The molecule has 15 heavy (non-hydrogen) atoms. The quantitative estimate of drug-likeness (QED) is 0.528. The summed E-state index contributed by atoms with van der Waals surface area (Å²) < 4.78 is 10.6. The van der Waals surface area contributed by atoms with E-state index in [-0.39, 0.29) is 18.0 Å². The number of ether oxygens (including phenoxy) is 2. The molecule has 1 aliphatic carbocycles. The summed E-state index contributed by atoms with van der Waals surface area (Å²) in [4.78, 5) is 11.6. The molecule has 0 aromatic carbocycles. The maximum atomic E-state index is 11.6. The molecule has 1 saturated heterocycles. The van der Waals surface area contributed by atoms with Gasteiger partial charge in [-0.1, -0.05) is 13.5 Å². The van der Waals surface area contributed by atoms with Crippen LogP contribution in [0.3, 0.4) is 0 Å². The van der Waals surface area contributed by atoms with Crippen LogP contribution in [0.4, 0.5) is 0 Å². The van der Waals surface area contributed by atoms with Crippen molar-refractivity contribution in [1.82, 2.24) is 0 Å². The van der Waals surface area contributed by atoms with E-state index in [1.54, 1.807) is 0 Å². The van der Waals surface area contributed by atoms with Crippen molar-refractivity contribution in [2.45, 2.75) is 32.3 Å². The smallest absolute Gasteiger partial charge is 0.309 e. The second-order valence-corrected chi connectivity index (χ2v) is 4.41. The molecule has 1 heterocycles. The fraction of sp³-hybridized carbons (Fsp3) is 0.750. The van der Waals surface area contributed by atoms with Crippen LogP contribution < -0.4 is 0 Å². The summed E-state index contributed by atoms with van der Waals surface area (Å²) in [6, 6.07) is 0. The van der Waals surface area contributed by atoms with Crippen molar-refractivity contribution in [3.8, 4) is 0 Å². The first-order chi connectivity index (χ1) is 7.27. The number of carbonyl (C=O) groups is 1. The Hall–Kier alpha value is -0.990. The van der Waals surface area contributed by atoms with Crippen molar-refractivity contribution in [3.05, 3.63) is 12.8 Å². The van der Waals surface area contributed by atoms with E-state index >= 15 is 0 Å². The molecule has 0 bridgehead atoms. The molecule has 0 spiro atoms. The Bertz CT molecular complexity index is 262. The fourth-order valence-electron chi connectivity index (χ4n) is 3.00. The molecular weight excluding hydrogens is 192 g/mol. The number of hydrogen-bond acceptors (Lipinski definition) is 3. The molecule has 84 valence electrons. The van der Waals surface area contributed by atoms with Crippen LogP contribution >= 0.6 is 0 Å². The van der Waals surface area contributed by atoms with Crippen LogP contribution in [0.2, 0.25) is 0 Å². The largest absolute Gasteiger partial charge is 0.498 e. The Labute approximate surface area is 90.4 Å². The van der Waals surface area contributed by atoms with Gasteiger partial charge >= 0.3 is 5.97 Å². The van der Waals surface area contributed by atoms with Crippen molar-refractivity contribution in [2.24, 2.45) is 17.8 Å². The van der Waals surface area contributed by atoms with E-state index < -0.39 is 0 Å². The topological polar surface area (TPSA) is 35.5 Å². The van der Waals surface area contributed by atoms with Crippen molar-refractivity contribution in [1.29, 1.82) is 0 Å². The number of cyclic esters (lactones) is 1. The minimum atomic E-state index is -0.0239. The molecule has 4 unspecified atom stereocenters. The Balaban J connectivity index is 2.13. The number of rotatable bonds is 3. The van der Waals surface area contributed by atoms with Gasteiger partial charge in [-0.25, -0.2) is 0 Å². The van der Waals surface area contributed by atoms with Gasteiger partial charge in [-0.2, -0.15) is 0 Å². The molecule has 2 fully saturated rings. The third kappa shape index (κ3) is 1.75. The van der Waals surface area contributed by atoms with Gasteiger partial charge < -0.3 is 9.47 Å². The number of carbonyl (C=O) groups excluding carboxylic acids is 1. The summed E-state index contributed by atoms with van der Waals surface area (Å²) in [6.07, 6.45) is 4.66. The summed E-state index contributed by atoms with van der Waals surface area (Å²) in [5.41, 5.74) is 0. The number of fused-ring (bicyclic) bond motifs is 1. The zero-order valence-corrected chi connectivity index (χ0v) is 9.15. The van der Waals surface area contributed by atoms with Crippen LogP contribution in [-0.4, -0.2) is 18.7 Å². The lowest BCUT2D eigenvalue weighted by molar-refractivity contribution is -0.144. The van der Waals surface area contributed by atoms with Gasteiger partial charge in [0.1, 0.15) is 6.10 Å². The average Bonchev–Trinajstić information content (AvgIpc) is 2.61. The molecule has 3 nitrogen and oxygen atoms in total. The average molecular weight is 210 g/mol. The molecule has 2 aliphatic rings. The molecule has 2 rings (SSSR count). The zero-order chi connectivity index (χ0) is 10.8. The molecule has 0 amide bonds. The molecule has 0 aromatic rings. The Morgan fingerprint density at radius 3 is 3.07 bits per heavy atom. The van der Waals surface area contributed by atoms with E-state index in [0.717, 1.165) is 19.3 Å². The van der Waals surface area contributed by atoms with Crippen LogP contribution in [0.5, 0.6) is 0 Å². The molecule has 4 atom stereocenters. The Morgan fingerprint density at radius 2 is 2.40 bits per heavy atom. The van der Waals surface area contributed by atoms with Gasteiger partial charge in [0.2, 0.25) is 0 Å². The predicted molar refractivity (Wildman–Crippen MR) is 56.0 cm³/mol. The third-order valence-corrected chi connectivity index (χ3v) is 3.72. The highest BCUT2D eigenvalue weighted by atomic mass is 16.5. The molecule has 3 heteroatoms. The number of esters is 1. The first kappa shape index (κ1) is 10.5. The zero-order valence-electron chi connectivity index (χ0n) is 9.15. The van der Waals surface area contributed by atoms with Gasteiger partial charge in [0, 0.05) is 11.8 Å². The molecule has 0 N–H and O–H groups in total. The molecule has 1 aliphatic heterocycles. The number of hydrogen-bond donors (Lipinski definition) is 0. The lowest BCUT2D eigenvalue weighted by Crippen LogP contribution is -2.39. The fourth-order valence-corrected chi connectivity index (χ4v) is 3.00. The van der Waals surface area contributed by atoms with Gasteiger partial charge in [-0.15, -0.1) is 0 Å². The monoisotopic (exact) mass is 210 g/mol. The van der Waals surface area contributed by atoms with E-state index in [4.69, 9.17) is 9.47 Å². The highest BCUT2D eigenvalue weighted by Gasteiger charge is 2.48. The molecular formula is C12H18O3. The van der Waals surface area contributed by atoms with Crippen LogP contribution in [0.25, 0.3) is 0 Å². The summed E-state index contributed by atoms with van der Waals surface area (Å²) in [5.74, 6) is 0.766. The summed E-state index contributed by atoms with van der Waals surface area (Å²) in [5, 5.41) is 0. The third-order valence-electron chi connectivity index (χ3n) is 3.72. The van der Waals surface area contributed by atoms with E-state index in [9.17, 15) is 4.79 Å². The van der Waals surface area contributed by atoms with Gasteiger partial charge in [0.05, 0.1) is 18.8 Å². The minimum Gasteiger partial charge on any atom is -0.498 e. The minimum absolute atomic E-state index is 0.0239. The second-order valence-electron chi connectivity index (χ2n) is 4.41. The first-order valence-corrected chi connectivity index (χ1v) is 5.71. The lowest BCUT2D eigenvalue weighted by Gasteiger charge is -2.36. The highest BCUT2D eigenvalue weighted by Crippen LogP contribution is 2.42. The van der Waals surface area contributed by atoms with Gasteiger partial charge in [-0.3, -0.25) is 4.79 Å². The SMILES string of the molecule is C=COC1CCC2COC(=O)C2C1CC.